The van der Waals surface area contributed by atoms with E-state index in [-0.39, 0.29) is 23.9 Å². The van der Waals surface area contributed by atoms with Crippen LogP contribution in [-0.2, 0) is 11.3 Å². The first-order chi connectivity index (χ1) is 15.0. The Morgan fingerprint density at radius 1 is 1.06 bits per heavy atom. The van der Waals surface area contributed by atoms with Crippen LogP contribution in [0.5, 0.6) is 0 Å². The second-order valence-electron chi connectivity index (χ2n) is 7.14. The first-order valence-corrected chi connectivity index (χ1v) is 10.1. The lowest BCUT2D eigenvalue weighted by Gasteiger charge is -2.09. The molecule has 0 fully saturated rings. The number of nitrogens with one attached hydrogen (secondary N) is 1. The second-order valence-corrected chi connectivity index (χ2v) is 7.14. The van der Waals surface area contributed by atoms with Crippen molar-refractivity contribution in [1.82, 2.24) is 19.9 Å². The molecule has 3 N–H and O–H groups in total. The van der Waals surface area contributed by atoms with E-state index < -0.39 is 5.97 Å². The predicted octanol–water partition coefficient (Wildman–Crippen LogP) is 3.08. The number of ether oxygens (including phenoxy) is 1. The van der Waals surface area contributed by atoms with E-state index in [1.807, 2.05) is 43.3 Å². The molecule has 4 rings (SSSR count). The Balaban J connectivity index is 1.66. The van der Waals surface area contributed by atoms with Crippen LogP contribution in [0.4, 0.5) is 5.82 Å². The molecular formula is C23H23N5O3. The maximum absolute atomic E-state index is 12.6. The summed E-state index contributed by atoms with van der Waals surface area (Å²) >= 11 is 0. The quantitative estimate of drug-likeness (QED) is 0.466. The maximum atomic E-state index is 12.6. The molecule has 0 saturated heterocycles. The molecule has 31 heavy (non-hydrogen) atoms. The SMILES string of the molecule is CCOC(=O)c1c(N)n(CCNC(=O)c2ccc(C)cc2)c2nc3ccccc3nc12. The first-order valence-electron chi connectivity index (χ1n) is 10.1. The van der Waals surface area contributed by atoms with Crippen LogP contribution in [-0.4, -0.2) is 39.6 Å². The van der Waals surface area contributed by atoms with E-state index in [9.17, 15) is 9.59 Å². The number of nitrogens with two attached hydrogens (primary N) is 1. The standard InChI is InChI=1S/C23H23N5O3/c1-3-31-23(30)18-19-21(27-17-7-5-4-6-16(17)26-19)28(20(18)24)13-12-25-22(29)15-10-8-14(2)9-11-15/h4-11H,3,12-13,24H2,1-2H3,(H,25,29). The van der Waals surface area contributed by atoms with Crippen molar-refractivity contribution in [1.29, 1.82) is 0 Å². The van der Waals surface area contributed by atoms with Gasteiger partial charge in [0.25, 0.3) is 5.91 Å². The van der Waals surface area contributed by atoms with E-state index in [1.54, 1.807) is 23.6 Å². The molecule has 0 atom stereocenters. The van der Waals surface area contributed by atoms with Crippen LogP contribution >= 0.6 is 0 Å². The van der Waals surface area contributed by atoms with Gasteiger partial charge in [0.2, 0.25) is 0 Å². The largest absolute Gasteiger partial charge is 0.462 e. The number of aryl methyl sites for hydroxylation is 1. The van der Waals surface area contributed by atoms with Gasteiger partial charge >= 0.3 is 5.97 Å². The molecule has 158 valence electrons. The van der Waals surface area contributed by atoms with Crippen LogP contribution in [0, 0.1) is 6.92 Å². The fourth-order valence-corrected chi connectivity index (χ4v) is 3.44. The van der Waals surface area contributed by atoms with Gasteiger partial charge in [0.05, 0.1) is 17.6 Å². The molecule has 2 heterocycles. The smallest absolute Gasteiger partial charge is 0.344 e. The number of carbonyl (C=O) groups excluding carboxylic acids is 2. The molecule has 0 aliphatic rings. The molecule has 2 aromatic heterocycles. The Hall–Kier alpha value is -3.94. The van der Waals surface area contributed by atoms with Gasteiger partial charge < -0.3 is 20.4 Å². The zero-order chi connectivity index (χ0) is 22.0. The van der Waals surface area contributed by atoms with Gasteiger partial charge in [0, 0.05) is 18.7 Å². The lowest BCUT2D eigenvalue weighted by molar-refractivity contribution is 0.0529. The van der Waals surface area contributed by atoms with E-state index in [1.165, 1.54) is 0 Å². The number of hydrogen-bond acceptors (Lipinski definition) is 6. The fourth-order valence-electron chi connectivity index (χ4n) is 3.44. The summed E-state index contributed by atoms with van der Waals surface area (Å²) in [6, 6.07) is 14.7. The third-order valence-electron chi connectivity index (χ3n) is 5.01. The normalized spacial score (nSPS) is 11.0. The molecule has 0 spiro atoms. The Morgan fingerprint density at radius 3 is 2.42 bits per heavy atom. The van der Waals surface area contributed by atoms with E-state index in [4.69, 9.17) is 10.5 Å². The number of nitrogen functional groups attached to an aromatic ring is 1. The van der Waals surface area contributed by atoms with E-state index in [0.29, 0.717) is 40.9 Å². The van der Waals surface area contributed by atoms with Gasteiger partial charge in [-0.1, -0.05) is 29.8 Å². The summed E-state index contributed by atoms with van der Waals surface area (Å²) in [7, 11) is 0. The maximum Gasteiger partial charge on any atom is 0.344 e. The van der Waals surface area contributed by atoms with Crippen molar-refractivity contribution < 1.29 is 14.3 Å². The number of aromatic nitrogens is 3. The molecule has 8 nitrogen and oxygen atoms in total. The zero-order valence-corrected chi connectivity index (χ0v) is 17.4. The van der Waals surface area contributed by atoms with Crippen LogP contribution in [0.1, 0.15) is 33.2 Å². The number of esters is 1. The number of benzene rings is 2. The van der Waals surface area contributed by atoms with Crippen molar-refractivity contribution in [2.24, 2.45) is 0 Å². The summed E-state index contributed by atoms with van der Waals surface area (Å²) in [5.41, 5.74) is 10.4. The summed E-state index contributed by atoms with van der Waals surface area (Å²) in [4.78, 5) is 34.3. The van der Waals surface area contributed by atoms with Gasteiger partial charge in [0.1, 0.15) is 16.9 Å². The average Bonchev–Trinajstić information content (AvgIpc) is 3.03. The minimum absolute atomic E-state index is 0.183. The fraction of sp³-hybridized carbons (Fsp3) is 0.217. The molecular weight excluding hydrogens is 394 g/mol. The predicted molar refractivity (Wildman–Crippen MR) is 119 cm³/mol. The Kier molecular flexibility index (Phi) is 5.53. The first kappa shape index (κ1) is 20.3. The summed E-state index contributed by atoms with van der Waals surface area (Å²) < 4.78 is 6.87. The lowest BCUT2D eigenvalue weighted by atomic mass is 10.1. The van der Waals surface area contributed by atoms with Gasteiger partial charge in [-0.2, -0.15) is 0 Å². The lowest BCUT2D eigenvalue weighted by Crippen LogP contribution is -2.27. The van der Waals surface area contributed by atoms with Crippen molar-refractivity contribution >= 4 is 39.9 Å². The number of nitrogens with zero attached hydrogens (tertiary/aromatic N) is 3. The van der Waals surface area contributed by atoms with E-state index in [2.05, 4.69) is 15.3 Å². The van der Waals surface area contributed by atoms with Crippen LogP contribution in [0.25, 0.3) is 22.2 Å². The third-order valence-corrected chi connectivity index (χ3v) is 5.01. The minimum Gasteiger partial charge on any atom is -0.462 e. The zero-order valence-electron chi connectivity index (χ0n) is 17.4. The summed E-state index contributed by atoms with van der Waals surface area (Å²) in [6.45, 7) is 4.55. The molecule has 0 unspecified atom stereocenters. The number of para-hydroxylation sites is 2. The van der Waals surface area contributed by atoms with Gasteiger partial charge in [-0.25, -0.2) is 14.8 Å². The number of hydrogen-bond donors (Lipinski definition) is 2. The number of carbonyl (C=O) groups is 2. The third kappa shape index (κ3) is 3.92. The average molecular weight is 417 g/mol. The molecule has 2 aromatic carbocycles. The highest BCUT2D eigenvalue weighted by Gasteiger charge is 2.24. The molecule has 0 aliphatic heterocycles. The molecule has 0 bridgehead atoms. The highest BCUT2D eigenvalue weighted by Crippen LogP contribution is 2.28. The van der Waals surface area contributed by atoms with Gasteiger partial charge in [-0.15, -0.1) is 0 Å². The topological polar surface area (TPSA) is 112 Å². The number of rotatable bonds is 6. The van der Waals surface area contributed by atoms with Crippen LogP contribution in [0.2, 0.25) is 0 Å². The monoisotopic (exact) mass is 417 g/mol. The summed E-state index contributed by atoms with van der Waals surface area (Å²) in [6.07, 6.45) is 0. The molecule has 1 amide bonds. The van der Waals surface area contributed by atoms with Crippen molar-refractivity contribution in [2.45, 2.75) is 20.4 Å². The highest BCUT2D eigenvalue weighted by molar-refractivity contribution is 6.08. The molecule has 0 radical (unpaired) electrons. The second kappa shape index (κ2) is 8.43. The molecule has 4 aromatic rings. The summed E-state index contributed by atoms with van der Waals surface area (Å²) in [5.74, 6) is -0.512. The van der Waals surface area contributed by atoms with Crippen LogP contribution < -0.4 is 11.1 Å². The summed E-state index contributed by atoms with van der Waals surface area (Å²) in [5, 5.41) is 2.88. The Morgan fingerprint density at radius 2 is 1.74 bits per heavy atom. The highest BCUT2D eigenvalue weighted by atomic mass is 16.5. The molecule has 0 aliphatic carbocycles. The van der Waals surface area contributed by atoms with Crippen molar-refractivity contribution in [3.63, 3.8) is 0 Å². The number of fused-ring (bicyclic) bond motifs is 2. The Labute approximate surface area is 179 Å². The van der Waals surface area contributed by atoms with Gasteiger partial charge in [-0.3, -0.25) is 4.79 Å². The van der Waals surface area contributed by atoms with Crippen molar-refractivity contribution in [3.8, 4) is 0 Å². The van der Waals surface area contributed by atoms with Gasteiger partial charge in [-0.05, 0) is 38.1 Å². The molecule has 0 saturated carbocycles. The van der Waals surface area contributed by atoms with Crippen molar-refractivity contribution in [3.05, 3.63) is 65.2 Å². The Bertz CT molecular complexity index is 1280. The minimum atomic E-state index is -0.544. The number of anilines is 1. The number of amides is 1. The van der Waals surface area contributed by atoms with Crippen LogP contribution in [0.15, 0.2) is 48.5 Å². The van der Waals surface area contributed by atoms with E-state index >= 15 is 0 Å². The molecule has 8 heteroatoms. The van der Waals surface area contributed by atoms with Crippen molar-refractivity contribution in [2.75, 3.05) is 18.9 Å². The van der Waals surface area contributed by atoms with Gasteiger partial charge in [0.15, 0.2) is 5.65 Å². The van der Waals surface area contributed by atoms with Crippen LogP contribution in [0.3, 0.4) is 0 Å². The van der Waals surface area contributed by atoms with E-state index in [0.717, 1.165) is 5.56 Å².